The number of aryl methyl sites for hydroxylation is 2. The maximum Gasteiger partial charge on any atom is 0.303 e. The van der Waals surface area contributed by atoms with Gasteiger partial charge in [0, 0.05) is 24.9 Å². The minimum atomic E-state index is -0.823. The zero-order valence-electron chi connectivity index (χ0n) is 11.0. The van der Waals surface area contributed by atoms with Crippen molar-refractivity contribution in [3.05, 3.63) is 21.4 Å². The Hall–Kier alpha value is -1.36. The highest BCUT2D eigenvalue weighted by Crippen LogP contribution is 2.23. The van der Waals surface area contributed by atoms with E-state index in [1.807, 2.05) is 13.0 Å². The van der Waals surface area contributed by atoms with Crippen molar-refractivity contribution in [2.24, 2.45) is 0 Å². The molecular weight excluding hydrogens is 250 g/mol. The Morgan fingerprint density at radius 1 is 1.44 bits per heavy atom. The quantitative estimate of drug-likeness (QED) is 0.863. The molecule has 0 spiro atoms. The van der Waals surface area contributed by atoms with Crippen LogP contribution in [0.15, 0.2) is 6.07 Å². The summed E-state index contributed by atoms with van der Waals surface area (Å²) in [5.74, 6) is -0.843. The van der Waals surface area contributed by atoms with E-state index < -0.39 is 5.97 Å². The van der Waals surface area contributed by atoms with Crippen LogP contribution < -0.4 is 0 Å². The number of nitrogens with zero attached hydrogens (tertiary/aromatic N) is 1. The molecule has 0 atom stereocenters. The van der Waals surface area contributed by atoms with Crippen LogP contribution in [0.1, 0.15) is 39.9 Å². The molecule has 0 aliphatic rings. The summed E-state index contributed by atoms with van der Waals surface area (Å²) in [5.41, 5.74) is 1.21. The zero-order valence-corrected chi connectivity index (χ0v) is 11.8. The van der Waals surface area contributed by atoms with E-state index in [1.54, 1.807) is 11.9 Å². The highest BCUT2D eigenvalue weighted by molar-refractivity contribution is 7.14. The van der Waals surface area contributed by atoms with Crippen molar-refractivity contribution in [2.75, 3.05) is 13.6 Å². The monoisotopic (exact) mass is 269 g/mol. The summed E-state index contributed by atoms with van der Waals surface area (Å²) < 4.78 is 0. The van der Waals surface area contributed by atoms with Crippen molar-refractivity contribution in [1.29, 1.82) is 0 Å². The molecule has 1 aromatic rings. The van der Waals surface area contributed by atoms with Gasteiger partial charge in [-0.2, -0.15) is 0 Å². The highest BCUT2D eigenvalue weighted by atomic mass is 32.1. The Morgan fingerprint density at radius 2 is 2.11 bits per heavy atom. The molecule has 1 heterocycles. The first-order valence-corrected chi connectivity index (χ1v) is 6.84. The minimum absolute atomic E-state index is 0.0202. The number of carboxylic acid groups (broad SMARTS) is 1. The molecule has 18 heavy (non-hydrogen) atoms. The van der Waals surface area contributed by atoms with Crippen LogP contribution in [-0.2, 0) is 11.2 Å². The first kappa shape index (κ1) is 14.7. The van der Waals surface area contributed by atoms with Gasteiger partial charge in [-0.25, -0.2) is 0 Å². The lowest BCUT2D eigenvalue weighted by Gasteiger charge is -2.15. The molecule has 1 amide bonds. The second-order valence-electron chi connectivity index (χ2n) is 4.27. The Balaban J connectivity index is 2.59. The first-order chi connectivity index (χ1) is 8.45. The van der Waals surface area contributed by atoms with Gasteiger partial charge in [-0.05, 0) is 31.4 Å². The molecule has 0 aromatic carbocycles. The molecular formula is C13H19NO3S. The number of hydrogen-bond acceptors (Lipinski definition) is 3. The van der Waals surface area contributed by atoms with Crippen LogP contribution in [0.5, 0.6) is 0 Å². The molecule has 100 valence electrons. The number of rotatable bonds is 6. The van der Waals surface area contributed by atoms with Gasteiger partial charge >= 0.3 is 5.97 Å². The predicted octanol–water partition coefficient (Wildman–Crippen LogP) is 2.56. The maximum atomic E-state index is 12.1. The fourth-order valence-electron chi connectivity index (χ4n) is 1.73. The van der Waals surface area contributed by atoms with E-state index in [9.17, 15) is 9.59 Å². The van der Waals surface area contributed by atoms with Crippen LogP contribution in [0.4, 0.5) is 0 Å². The Kier molecular flexibility index (Phi) is 5.34. The summed E-state index contributed by atoms with van der Waals surface area (Å²) in [5, 5.41) is 8.55. The Morgan fingerprint density at radius 3 is 2.61 bits per heavy atom. The molecule has 0 aliphatic heterocycles. The van der Waals surface area contributed by atoms with Gasteiger partial charge in [-0.3, -0.25) is 9.59 Å². The van der Waals surface area contributed by atoms with E-state index in [1.165, 1.54) is 21.8 Å². The second-order valence-corrected chi connectivity index (χ2v) is 5.53. The molecule has 0 saturated heterocycles. The fraction of sp³-hybridized carbons (Fsp3) is 0.538. The van der Waals surface area contributed by atoms with Crippen molar-refractivity contribution in [3.63, 3.8) is 0 Å². The van der Waals surface area contributed by atoms with Gasteiger partial charge in [0.2, 0.25) is 0 Å². The van der Waals surface area contributed by atoms with Crippen LogP contribution >= 0.6 is 11.3 Å². The molecule has 1 rings (SSSR count). The van der Waals surface area contributed by atoms with Gasteiger partial charge in [0.05, 0.1) is 4.88 Å². The molecule has 4 nitrogen and oxygen atoms in total. The van der Waals surface area contributed by atoms with Gasteiger partial charge < -0.3 is 10.0 Å². The van der Waals surface area contributed by atoms with Gasteiger partial charge in [-0.1, -0.05) is 6.92 Å². The number of hydrogen-bond donors (Lipinski definition) is 1. The third-order valence-electron chi connectivity index (χ3n) is 2.84. The van der Waals surface area contributed by atoms with Crippen molar-refractivity contribution < 1.29 is 14.7 Å². The van der Waals surface area contributed by atoms with Crippen molar-refractivity contribution >= 4 is 23.2 Å². The van der Waals surface area contributed by atoms with Gasteiger partial charge in [0.15, 0.2) is 0 Å². The number of carbonyl (C=O) groups excluding carboxylic acids is 1. The summed E-state index contributed by atoms with van der Waals surface area (Å²) in [6.45, 7) is 4.56. The number of amides is 1. The molecule has 0 aliphatic carbocycles. The fourth-order valence-corrected chi connectivity index (χ4v) is 2.84. The molecule has 1 aromatic heterocycles. The topological polar surface area (TPSA) is 57.6 Å². The average Bonchev–Trinajstić information content (AvgIpc) is 2.68. The third kappa shape index (κ3) is 3.84. The van der Waals surface area contributed by atoms with Crippen LogP contribution in [0.3, 0.4) is 0 Å². The van der Waals surface area contributed by atoms with E-state index in [-0.39, 0.29) is 12.3 Å². The summed E-state index contributed by atoms with van der Waals surface area (Å²) in [6, 6.07) is 1.94. The lowest BCUT2D eigenvalue weighted by Crippen LogP contribution is -2.27. The van der Waals surface area contributed by atoms with E-state index >= 15 is 0 Å². The van der Waals surface area contributed by atoms with E-state index in [0.717, 1.165) is 11.3 Å². The van der Waals surface area contributed by atoms with Crippen molar-refractivity contribution in [2.45, 2.75) is 33.1 Å². The molecule has 0 radical (unpaired) electrons. The number of aliphatic carboxylic acids is 1. The maximum absolute atomic E-state index is 12.1. The third-order valence-corrected chi connectivity index (χ3v) is 3.92. The molecule has 0 bridgehead atoms. The van der Waals surface area contributed by atoms with Gasteiger partial charge in [-0.15, -0.1) is 11.3 Å². The normalized spacial score (nSPS) is 10.4. The predicted molar refractivity (Wildman–Crippen MR) is 72.3 cm³/mol. The van der Waals surface area contributed by atoms with Crippen LogP contribution in [-0.4, -0.2) is 35.5 Å². The minimum Gasteiger partial charge on any atom is -0.481 e. The number of thiophene rings is 1. The summed E-state index contributed by atoms with van der Waals surface area (Å²) >= 11 is 1.51. The second kappa shape index (κ2) is 6.54. The van der Waals surface area contributed by atoms with E-state index in [4.69, 9.17) is 5.11 Å². The van der Waals surface area contributed by atoms with Crippen molar-refractivity contribution in [1.82, 2.24) is 4.90 Å². The largest absolute Gasteiger partial charge is 0.481 e. The lowest BCUT2D eigenvalue weighted by atomic mass is 10.2. The van der Waals surface area contributed by atoms with Crippen molar-refractivity contribution in [3.8, 4) is 0 Å². The summed E-state index contributed by atoms with van der Waals surface area (Å²) in [6.07, 6.45) is 1.52. The standard InChI is InChI=1S/C13H19NO3S/c1-4-10-8-11(18-9(10)2)13(17)14(3)7-5-6-12(15)16/h8H,4-7H2,1-3H3,(H,15,16). The SMILES string of the molecule is CCc1cc(C(=O)N(C)CCCC(=O)O)sc1C. The van der Waals surface area contributed by atoms with E-state index in [0.29, 0.717) is 13.0 Å². The molecule has 0 fully saturated rings. The number of carboxylic acids is 1. The summed E-state index contributed by atoms with van der Waals surface area (Å²) in [4.78, 5) is 26.0. The van der Waals surface area contributed by atoms with Crippen LogP contribution in [0.2, 0.25) is 0 Å². The number of carbonyl (C=O) groups is 2. The molecule has 5 heteroatoms. The smallest absolute Gasteiger partial charge is 0.303 e. The van der Waals surface area contributed by atoms with E-state index in [2.05, 4.69) is 6.92 Å². The summed E-state index contributed by atoms with van der Waals surface area (Å²) in [7, 11) is 1.71. The first-order valence-electron chi connectivity index (χ1n) is 6.02. The molecule has 1 N–H and O–H groups in total. The molecule has 0 saturated carbocycles. The zero-order chi connectivity index (χ0) is 13.7. The van der Waals surface area contributed by atoms with Gasteiger partial charge in [0.1, 0.15) is 0 Å². The average molecular weight is 269 g/mol. The van der Waals surface area contributed by atoms with Crippen LogP contribution in [0, 0.1) is 6.92 Å². The Bertz CT molecular complexity index is 439. The lowest BCUT2D eigenvalue weighted by molar-refractivity contribution is -0.137. The highest BCUT2D eigenvalue weighted by Gasteiger charge is 2.15. The molecule has 0 unspecified atom stereocenters. The Labute approximate surface area is 111 Å². The van der Waals surface area contributed by atoms with Crippen LogP contribution in [0.25, 0.3) is 0 Å². The van der Waals surface area contributed by atoms with Gasteiger partial charge in [0.25, 0.3) is 5.91 Å².